The topological polar surface area (TPSA) is 66.9 Å². The summed E-state index contributed by atoms with van der Waals surface area (Å²) in [5.41, 5.74) is 6.88. The molecule has 1 rings (SSSR count). The number of hydrogen-bond acceptors (Lipinski definition) is 3. The average molecular weight is 286 g/mol. The van der Waals surface area contributed by atoms with Gasteiger partial charge in [-0.1, -0.05) is 0 Å². The molecule has 66 valence electrons. The number of hydrogen-bond donors (Lipinski definition) is 1. The van der Waals surface area contributed by atoms with E-state index in [-0.39, 0.29) is 5.78 Å². The molecule has 0 bridgehead atoms. The number of halogens is 1. The molecule has 0 atom stereocenters. The summed E-state index contributed by atoms with van der Waals surface area (Å²) in [7, 11) is 0. The molecule has 0 saturated carbocycles. The van der Waals surface area contributed by atoms with Gasteiger partial charge in [0, 0.05) is 9.13 Å². The maximum Gasteiger partial charge on any atom is 0.160 e. The van der Waals surface area contributed by atoms with Gasteiger partial charge in [0.25, 0.3) is 0 Å². The Morgan fingerprint density at radius 2 is 2.23 bits per heavy atom. The minimum atomic E-state index is -0.0547. The number of Topliss-reactive ketones (excluding diaryl/α,β-unsaturated/α-hetero) is 1. The van der Waals surface area contributed by atoms with Crippen molar-refractivity contribution in [1.29, 1.82) is 5.26 Å². The average Bonchev–Trinajstić information content (AvgIpc) is 2.03. The lowest BCUT2D eigenvalue weighted by atomic mass is 10.1. The van der Waals surface area contributed by atoms with E-state index in [1.54, 1.807) is 6.07 Å². The second kappa shape index (κ2) is 3.75. The zero-order valence-corrected chi connectivity index (χ0v) is 9.12. The van der Waals surface area contributed by atoms with Crippen LogP contribution in [0.5, 0.6) is 0 Å². The van der Waals surface area contributed by atoms with Gasteiger partial charge in [-0.25, -0.2) is 0 Å². The summed E-state index contributed by atoms with van der Waals surface area (Å²) in [6.45, 7) is 1.47. The molecule has 0 amide bonds. The van der Waals surface area contributed by atoms with Crippen LogP contribution in [0.3, 0.4) is 0 Å². The van der Waals surface area contributed by atoms with E-state index in [9.17, 15) is 4.79 Å². The van der Waals surface area contributed by atoms with E-state index >= 15 is 0 Å². The van der Waals surface area contributed by atoms with Crippen LogP contribution >= 0.6 is 22.6 Å². The third-order valence-corrected chi connectivity index (χ3v) is 2.53. The predicted molar refractivity (Wildman–Crippen MR) is 58.3 cm³/mol. The standard InChI is InChI=1S/C9H7IN2O/c1-5(13)7-2-6(4-11)9(12)3-8(7)10/h2-3H,12H2,1H3. The van der Waals surface area contributed by atoms with Crippen molar-refractivity contribution in [2.45, 2.75) is 6.92 Å². The highest BCUT2D eigenvalue weighted by Gasteiger charge is 2.08. The van der Waals surface area contributed by atoms with Crippen LogP contribution in [-0.2, 0) is 0 Å². The van der Waals surface area contributed by atoms with E-state index in [4.69, 9.17) is 11.0 Å². The summed E-state index contributed by atoms with van der Waals surface area (Å²) in [4.78, 5) is 11.1. The largest absolute Gasteiger partial charge is 0.398 e. The summed E-state index contributed by atoms with van der Waals surface area (Å²) in [5, 5.41) is 8.67. The zero-order valence-electron chi connectivity index (χ0n) is 6.97. The van der Waals surface area contributed by atoms with Crippen molar-refractivity contribution >= 4 is 34.1 Å². The van der Waals surface area contributed by atoms with Crippen LogP contribution in [0.1, 0.15) is 22.8 Å². The highest BCUT2D eigenvalue weighted by molar-refractivity contribution is 14.1. The number of rotatable bonds is 1. The summed E-state index contributed by atoms with van der Waals surface area (Å²) in [6, 6.07) is 5.10. The molecular formula is C9H7IN2O. The van der Waals surface area contributed by atoms with Crippen molar-refractivity contribution in [2.75, 3.05) is 5.73 Å². The monoisotopic (exact) mass is 286 g/mol. The fourth-order valence-electron chi connectivity index (χ4n) is 0.955. The maximum absolute atomic E-state index is 11.1. The lowest BCUT2D eigenvalue weighted by Crippen LogP contribution is -2.00. The molecule has 0 spiro atoms. The van der Waals surface area contributed by atoms with Gasteiger partial charge >= 0.3 is 0 Å². The van der Waals surface area contributed by atoms with Gasteiger partial charge in [-0.05, 0) is 41.6 Å². The molecule has 2 N–H and O–H groups in total. The summed E-state index contributed by atoms with van der Waals surface area (Å²) >= 11 is 2.02. The molecule has 1 aromatic carbocycles. The third-order valence-electron chi connectivity index (χ3n) is 1.64. The van der Waals surface area contributed by atoms with E-state index in [0.29, 0.717) is 16.8 Å². The van der Waals surface area contributed by atoms with Crippen LogP contribution < -0.4 is 5.73 Å². The molecule has 0 fully saturated rings. The first kappa shape index (κ1) is 9.99. The first-order chi connectivity index (χ1) is 6.06. The first-order valence-corrected chi connectivity index (χ1v) is 4.64. The number of nitriles is 1. The third kappa shape index (κ3) is 1.98. The van der Waals surface area contributed by atoms with E-state index < -0.39 is 0 Å². The van der Waals surface area contributed by atoms with Gasteiger partial charge in [0.1, 0.15) is 6.07 Å². The summed E-state index contributed by atoms with van der Waals surface area (Å²) < 4.78 is 0.779. The van der Waals surface area contributed by atoms with Gasteiger partial charge in [0.05, 0.1) is 11.3 Å². The predicted octanol–water partition coefficient (Wildman–Crippen LogP) is 1.95. The maximum atomic E-state index is 11.1. The van der Waals surface area contributed by atoms with Crippen LogP contribution in [0.25, 0.3) is 0 Å². The Labute approximate surface area is 89.7 Å². The molecule has 0 aliphatic rings. The van der Waals surface area contributed by atoms with E-state index in [0.717, 1.165) is 3.57 Å². The highest BCUT2D eigenvalue weighted by Crippen LogP contribution is 2.20. The number of nitrogens with two attached hydrogens (primary N) is 1. The normalized spacial score (nSPS) is 9.31. The molecule has 1 aromatic rings. The zero-order chi connectivity index (χ0) is 10.0. The van der Waals surface area contributed by atoms with Crippen molar-refractivity contribution in [3.8, 4) is 6.07 Å². The quantitative estimate of drug-likeness (QED) is 0.487. The number of ketones is 1. The van der Waals surface area contributed by atoms with Gasteiger partial charge in [-0.15, -0.1) is 0 Å². The van der Waals surface area contributed by atoms with Crippen LogP contribution in [0.2, 0.25) is 0 Å². The minimum absolute atomic E-state index is 0.0547. The fourth-order valence-corrected chi connectivity index (χ4v) is 1.83. The Kier molecular flexibility index (Phi) is 2.88. The lowest BCUT2D eigenvalue weighted by molar-refractivity contribution is 0.101. The van der Waals surface area contributed by atoms with Crippen LogP contribution in [0, 0.1) is 14.9 Å². The molecule has 0 saturated heterocycles. The number of anilines is 1. The molecule has 0 aromatic heterocycles. The molecule has 0 unspecified atom stereocenters. The molecule has 0 aliphatic carbocycles. The van der Waals surface area contributed by atoms with Crippen molar-refractivity contribution in [3.63, 3.8) is 0 Å². The van der Waals surface area contributed by atoms with Gasteiger partial charge in [-0.3, -0.25) is 4.79 Å². The molecular weight excluding hydrogens is 279 g/mol. The van der Waals surface area contributed by atoms with Crippen LogP contribution in [0.15, 0.2) is 12.1 Å². The van der Waals surface area contributed by atoms with Crippen LogP contribution in [0.4, 0.5) is 5.69 Å². The van der Waals surface area contributed by atoms with E-state index in [1.807, 2.05) is 28.7 Å². The van der Waals surface area contributed by atoms with E-state index in [2.05, 4.69) is 0 Å². The molecule has 4 heteroatoms. The Bertz CT molecular complexity index is 407. The second-order valence-corrected chi connectivity index (χ2v) is 3.75. The fraction of sp³-hybridized carbons (Fsp3) is 0.111. The van der Waals surface area contributed by atoms with Crippen molar-refractivity contribution in [3.05, 3.63) is 26.8 Å². The molecule has 13 heavy (non-hydrogen) atoms. The smallest absolute Gasteiger partial charge is 0.160 e. The number of benzene rings is 1. The van der Waals surface area contributed by atoms with Gasteiger partial charge < -0.3 is 5.73 Å². The lowest BCUT2D eigenvalue weighted by Gasteiger charge is -2.03. The number of nitrogens with zero attached hydrogens (tertiary/aromatic N) is 1. The number of carbonyl (C=O) groups is 1. The number of carbonyl (C=O) groups excluding carboxylic acids is 1. The molecule has 0 heterocycles. The number of nitrogen functional groups attached to an aromatic ring is 1. The van der Waals surface area contributed by atoms with Gasteiger partial charge in [0.15, 0.2) is 5.78 Å². The van der Waals surface area contributed by atoms with Crippen molar-refractivity contribution in [1.82, 2.24) is 0 Å². The van der Waals surface area contributed by atoms with Crippen LogP contribution in [-0.4, -0.2) is 5.78 Å². The van der Waals surface area contributed by atoms with Gasteiger partial charge in [-0.2, -0.15) is 5.26 Å². The van der Waals surface area contributed by atoms with Gasteiger partial charge in [0.2, 0.25) is 0 Å². The molecule has 3 nitrogen and oxygen atoms in total. The summed E-state index contributed by atoms with van der Waals surface area (Å²) in [5.74, 6) is -0.0547. The minimum Gasteiger partial charge on any atom is -0.398 e. The Hall–Kier alpha value is -1.09. The Morgan fingerprint density at radius 3 is 2.69 bits per heavy atom. The van der Waals surface area contributed by atoms with Crippen molar-refractivity contribution < 1.29 is 4.79 Å². The molecule has 0 radical (unpaired) electrons. The summed E-state index contributed by atoms with van der Waals surface area (Å²) in [6.07, 6.45) is 0. The second-order valence-electron chi connectivity index (χ2n) is 2.59. The Morgan fingerprint density at radius 1 is 1.62 bits per heavy atom. The van der Waals surface area contributed by atoms with E-state index in [1.165, 1.54) is 13.0 Å². The SMILES string of the molecule is CC(=O)c1cc(C#N)c(N)cc1I. The van der Waals surface area contributed by atoms with Crippen molar-refractivity contribution in [2.24, 2.45) is 0 Å². The first-order valence-electron chi connectivity index (χ1n) is 3.56. The highest BCUT2D eigenvalue weighted by atomic mass is 127. The Balaban J connectivity index is 3.41. The molecule has 0 aliphatic heterocycles.